The summed E-state index contributed by atoms with van der Waals surface area (Å²) in [6, 6.07) is 7.97. The molecule has 1 aromatic carbocycles. The van der Waals surface area contributed by atoms with Crippen LogP contribution in [0, 0.1) is 0 Å². The van der Waals surface area contributed by atoms with E-state index >= 15 is 0 Å². The molecule has 1 amide bonds. The Morgan fingerprint density at radius 1 is 1.27 bits per heavy atom. The van der Waals surface area contributed by atoms with E-state index in [2.05, 4.69) is 9.82 Å². The largest absolute Gasteiger partial charge is 0.378 e. The lowest BCUT2D eigenvalue weighted by atomic mass is 10.2. The number of hydrogen-bond acceptors (Lipinski definition) is 5. The van der Waals surface area contributed by atoms with Gasteiger partial charge in [0.25, 0.3) is 5.91 Å². The first-order chi connectivity index (χ1) is 12.5. The number of amides is 1. The molecule has 0 bridgehead atoms. The van der Waals surface area contributed by atoms with E-state index in [1.165, 1.54) is 12.1 Å². The SMILES string of the molecule is Cn1nccc1CCNS(=O)(=O)c1cccc(C(=O)N2CCOCC2)c1. The Hall–Kier alpha value is -2.23. The predicted molar refractivity (Wildman–Crippen MR) is 95.3 cm³/mol. The maximum absolute atomic E-state index is 12.5. The number of nitrogens with zero attached hydrogens (tertiary/aromatic N) is 3. The van der Waals surface area contributed by atoms with Crippen LogP contribution >= 0.6 is 0 Å². The minimum absolute atomic E-state index is 0.0848. The first kappa shape index (κ1) is 18.6. The van der Waals surface area contributed by atoms with E-state index in [0.717, 1.165) is 5.69 Å². The number of morpholine rings is 1. The van der Waals surface area contributed by atoms with Crippen LogP contribution in [0.3, 0.4) is 0 Å². The molecule has 1 aliphatic rings. The van der Waals surface area contributed by atoms with E-state index in [1.54, 1.807) is 27.9 Å². The van der Waals surface area contributed by atoms with E-state index in [1.807, 2.05) is 13.1 Å². The van der Waals surface area contributed by atoms with Gasteiger partial charge >= 0.3 is 0 Å². The fourth-order valence-electron chi connectivity index (χ4n) is 2.79. The minimum Gasteiger partial charge on any atom is -0.378 e. The molecule has 1 N–H and O–H groups in total. The molecule has 26 heavy (non-hydrogen) atoms. The summed E-state index contributed by atoms with van der Waals surface area (Å²) in [6.07, 6.45) is 2.20. The zero-order valence-electron chi connectivity index (χ0n) is 14.6. The van der Waals surface area contributed by atoms with Crippen molar-refractivity contribution in [1.82, 2.24) is 19.4 Å². The number of ether oxygens (including phenoxy) is 1. The molecule has 0 saturated carbocycles. The van der Waals surface area contributed by atoms with Gasteiger partial charge in [-0.25, -0.2) is 13.1 Å². The molecule has 3 rings (SSSR count). The van der Waals surface area contributed by atoms with Gasteiger partial charge in [-0.05, 0) is 24.3 Å². The summed E-state index contributed by atoms with van der Waals surface area (Å²) in [6.45, 7) is 2.28. The Morgan fingerprint density at radius 3 is 2.73 bits per heavy atom. The molecule has 2 heterocycles. The number of nitrogens with one attached hydrogen (secondary N) is 1. The van der Waals surface area contributed by atoms with Crippen molar-refractivity contribution in [3.63, 3.8) is 0 Å². The maximum Gasteiger partial charge on any atom is 0.254 e. The quantitative estimate of drug-likeness (QED) is 0.786. The van der Waals surface area contributed by atoms with Crippen molar-refractivity contribution in [1.29, 1.82) is 0 Å². The number of carbonyl (C=O) groups excluding carboxylic acids is 1. The fourth-order valence-corrected chi connectivity index (χ4v) is 3.87. The van der Waals surface area contributed by atoms with Crippen LogP contribution < -0.4 is 4.72 Å². The highest BCUT2D eigenvalue weighted by atomic mass is 32.2. The van der Waals surface area contributed by atoms with Gasteiger partial charge < -0.3 is 9.64 Å². The monoisotopic (exact) mass is 378 g/mol. The van der Waals surface area contributed by atoms with Gasteiger partial charge in [0.2, 0.25) is 10.0 Å². The highest BCUT2D eigenvalue weighted by molar-refractivity contribution is 7.89. The lowest BCUT2D eigenvalue weighted by Gasteiger charge is -2.27. The van der Waals surface area contributed by atoms with Gasteiger partial charge in [0.1, 0.15) is 0 Å². The molecule has 0 aliphatic carbocycles. The first-order valence-corrected chi connectivity index (χ1v) is 9.89. The van der Waals surface area contributed by atoms with E-state index < -0.39 is 10.0 Å². The highest BCUT2D eigenvalue weighted by Crippen LogP contribution is 2.14. The van der Waals surface area contributed by atoms with E-state index in [9.17, 15) is 13.2 Å². The Balaban J connectivity index is 1.67. The lowest BCUT2D eigenvalue weighted by Crippen LogP contribution is -2.40. The first-order valence-electron chi connectivity index (χ1n) is 8.41. The number of hydrogen-bond donors (Lipinski definition) is 1. The molecule has 0 spiro atoms. The van der Waals surface area contributed by atoms with Crippen LogP contribution in [0.5, 0.6) is 0 Å². The number of sulfonamides is 1. The van der Waals surface area contributed by atoms with Crippen LogP contribution in [-0.2, 0) is 28.2 Å². The van der Waals surface area contributed by atoms with Gasteiger partial charge in [-0.1, -0.05) is 6.07 Å². The van der Waals surface area contributed by atoms with Crippen molar-refractivity contribution in [2.45, 2.75) is 11.3 Å². The summed E-state index contributed by atoms with van der Waals surface area (Å²) in [5, 5.41) is 4.05. The Kier molecular flexibility index (Phi) is 5.70. The topological polar surface area (TPSA) is 93.5 Å². The molecule has 0 unspecified atom stereocenters. The minimum atomic E-state index is -3.69. The zero-order valence-corrected chi connectivity index (χ0v) is 15.4. The van der Waals surface area contributed by atoms with Crippen LogP contribution in [0.1, 0.15) is 16.1 Å². The Labute approximate surface area is 152 Å². The molecule has 2 aromatic rings. The highest BCUT2D eigenvalue weighted by Gasteiger charge is 2.21. The van der Waals surface area contributed by atoms with E-state index in [-0.39, 0.29) is 17.3 Å². The van der Waals surface area contributed by atoms with Crippen molar-refractivity contribution in [3.05, 3.63) is 47.8 Å². The number of aryl methyl sites for hydroxylation is 1. The van der Waals surface area contributed by atoms with Gasteiger partial charge in [-0.3, -0.25) is 9.48 Å². The molecule has 1 aromatic heterocycles. The molecule has 140 valence electrons. The van der Waals surface area contributed by atoms with Gasteiger partial charge in [-0.15, -0.1) is 0 Å². The van der Waals surface area contributed by atoms with Crippen LogP contribution in [0.2, 0.25) is 0 Å². The van der Waals surface area contributed by atoms with E-state index in [0.29, 0.717) is 38.3 Å². The van der Waals surface area contributed by atoms with Gasteiger partial charge in [-0.2, -0.15) is 5.10 Å². The fraction of sp³-hybridized carbons (Fsp3) is 0.412. The third-order valence-corrected chi connectivity index (χ3v) is 5.74. The van der Waals surface area contributed by atoms with Crippen molar-refractivity contribution in [3.8, 4) is 0 Å². The molecular formula is C17H22N4O4S. The molecule has 0 radical (unpaired) electrons. The maximum atomic E-state index is 12.5. The summed E-state index contributed by atoms with van der Waals surface area (Å²) in [4.78, 5) is 14.3. The Morgan fingerprint density at radius 2 is 2.04 bits per heavy atom. The van der Waals surface area contributed by atoms with Crippen molar-refractivity contribution in [2.75, 3.05) is 32.8 Å². The molecule has 1 fully saturated rings. The van der Waals surface area contributed by atoms with Crippen molar-refractivity contribution >= 4 is 15.9 Å². The lowest BCUT2D eigenvalue weighted by molar-refractivity contribution is 0.0302. The summed E-state index contributed by atoms with van der Waals surface area (Å²) in [5.41, 5.74) is 1.30. The summed E-state index contributed by atoms with van der Waals surface area (Å²) >= 11 is 0. The zero-order chi connectivity index (χ0) is 18.6. The van der Waals surface area contributed by atoms with Crippen molar-refractivity contribution in [2.24, 2.45) is 7.05 Å². The molecule has 9 heteroatoms. The molecule has 1 aliphatic heterocycles. The van der Waals surface area contributed by atoms with E-state index in [4.69, 9.17) is 4.74 Å². The number of rotatable bonds is 6. The van der Waals surface area contributed by atoms with Gasteiger partial charge in [0, 0.05) is 50.6 Å². The third-order valence-electron chi connectivity index (χ3n) is 4.29. The number of benzene rings is 1. The molecular weight excluding hydrogens is 356 g/mol. The third kappa shape index (κ3) is 4.29. The average Bonchev–Trinajstić information content (AvgIpc) is 3.07. The summed E-state index contributed by atoms with van der Waals surface area (Å²) in [5.74, 6) is -0.180. The van der Waals surface area contributed by atoms with Crippen molar-refractivity contribution < 1.29 is 17.9 Å². The second-order valence-electron chi connectivity index (χ2n) is 6.03. The van der Waals surface area contributed by atoms with Crippen LogP contribution in [0.4, 0.5) is 0 Å². The summed E-state index contributed by atoms with van der Waals surface area (Å²) < 4.78 is 34.6. The average molecular weight is 378 g/mol. The summed E-state index contributed by atoms with van der Waals surface area (Å²) in [7, 11) is -1.88. The molecule has 8 nitrogen and oxygen atoms in total. The van der Waals surface area contributed by atoms with Crippen LogP contribution in [0.25, 0.3) is 0 Å². The molecule has 1 saturated heterocycles. The standard InChI is InChI=1S/C17H22N4O4S/c1-20-15(5-7-18-20)6-8-19-26(23,24)16-4-2-3-14(13-16)17(22)21-9-11-25-12-10-21/h2-5,7,13,19H,6,8-12H2,1H3. The van der Waals surface area contributed by atoms with Crippen LogP contribution in [0.15, 0.2) is 41.4 Å². The van der Waals surface area contributed by atoms with Gasteiger partial charge in [0.15, 0.2) is 0 Å². The molecule has 0 atom stereocenters. The second-order valence-corrected chi connectivity index (χ2v) is 7.79. The number of carbonyl (C=O) groups is 1. The Bertz CT molecular complexity index is 872. The normalized spacial score (nSPS) is 15.2. The predicted octanol–water partition coefficient (Wildman–Crippen LogP) is 0.414. The van der Waals surface area contributed by atoms with Crippen LogP contribution in [-0.4, -0.2) is 61.9 Å². The second kappa shape index (κ2) is 7.98. The number of aromatic nitrogens is 2. The van der Waals surface area contributed by atoms with Gasteiger partial charge in [0.05, 0.1) is 18.1 Å². The smallest absolute Gasteiger partial charge is 0.254 e.